The van der Waals surface area contributed by atoms with Crippen LogP contribution in [0.25, 0.3) is 0 Å². The SMILES string of the molecule is CCCCC(=O)OC[C@H](CC)CCCC. The molecule has 0 aromatic rings. The molecule has 0 rings (SSSR count). The Hall–Kier alpha value is -0.530. The number of esters is 1. The van der Waals surface area contributed by atoms with Gasteiger partial charge in [-0.05, 0) is 18.8 Å². The molecule has 0 aliphatic heterocycles. The Labute approximate surface area is 94.4 Å². The first-order valence-corrected chi connectivity index (χ1v) is 6.40. The van der Waals surface area contributed by atoms with E-state index >= 15 is 0 Å². The lowest BCUT2D eigenvalue weighted by Crippen LogP contribution is -2.13. The van der Waals surface area contributed by atoms with Crippen molar-refractivity contribution >= 4 is 5.97 Å². The summed E-state index contributed by atoms with van der Waals surface area (Å²) in [6, 6.07) is 0. The van der Waals surface area contributed by atoms with Gasteiger partial charge in [0, 0.05) is 6.42 Å². The second-order valence-corrected chi connectivity index (χ2v) is 4.20. The number of hydrogen-bond donors (Lipinski definition) is 0. The lowest BCUT2D eigenvalue weighted by molar-refractivity contribution is -0.145. The van der Waals surface area contributed by atoms with Crippen LogP contribution in [0.1, 0.15) is 65.7 Å². The fourth-order valence-electron chi connectivity index (χ4n) is 1.50. The third-order valence-corrected chi connectivity index (χ3v) is 2.76. The van der Waals surface area contributed by atoms with Crippen LogP contribution in [0.4, 0.5) is 0 Å². The van der Waals surface area contributed by atoms with Gasteiger partial charge in [0.15, 0.2) is 0 Å². The van der Waals surface area contributed by atoms with Crippen molar-refractivity contribution in [2.24, 2.45) is 5.92 Å². The van der Waals surface area contributed by atoms with Crippen molar-refractivity contribution in [3.05, 3.63) is 0 Å². The second-order valence-electron chi connectivity index (χ2n) is 4.20. The van der Waals surface area contributed by atoms with E-state index in [0.717, 1.165) is 19.3 Å². The zero-order valence-electron chi connectivity index (χ0n) is 10.6. The molecule has 2 heteroatoms. The average Bonchev–Trinajstić information content (AvgIpc) is 2.26. The Morgan fingerprint density at radius 2 is 1.80 bits per heavy atom. The molecule has 0 bridgehead atoms. The zero-order valence-corrected chi connectivity index (χ0v) is 10.6. The minimum Gasteiger partial charge on any atom is -0.465 e. The molecule has 0 N–H and O–H groups in total. The van der Waals surface area contributed by atoms with Crippen LogP contribution in [0.15, 0.2) is 0 Å². The van der Waals surface area contributed by atoms with Gasteiger partial charge in [-0.15, -0.1) is 0 Å². The molecule has 0 aliphatic carbocycles. The second kappa shape index (κ2) is 10.0. The topological polar surface area (TPSA) is 26.3 Å². The molecule has 15 heavy (non-hydrogen) atoms. The van der Waals surface area contributed by atoms with Crippen LogP contribution >= 0.6 is 0 Å². The highest BCUT2D eigenvalue weighted by Gasteiger charge is 2.09. The minimum absolute atomic E-state index is 0.0215. The van der Waals surface area contributed by atoms with Gasteiger partial charge in [-0.3, -0.25) is 4.79 Å². The maximum Gasteiger partial charge on any atom is 0.305 e. The van der Waals surface area contributed by atoms with Crippen molar-refractivity contribution in [2.45, 2.75) is 65.7 Å². The van der Waals surface area contributed by atoms with E-state index in [2.05, 4.69) is 20.8 Å². The molecule has 0 saturated heterocycles. The van der Waals surface area contributed by atoms with E-state index < -0.39 is 0 Å². The third-order valence-electron chi connectivity index (χ3n) is 2.76. The Morgan fingerprint density at radius 3 is 2.33 bits per heavy atom. The summed E-state index contributed by atoms with van der Waals surface area (Å²) >= 11 is 0. The molecule has 0 heterocycles. The summed E-state index contributed by atoms with van der Waals surface area (Å²) in [5, 5.41) is 0. The van der Waals surface area contributed by atoms with Gasteiger partial charge in [-0.2, -0.15) is 0 Å². The Bertz CT molecular complexity index is 155. The molecule has 2 nitrogen and oxygen atoms in total. The lowest BCUT2D eigenvalue weighted by atomic mass is 10.0. The van der Waals surface area contributed by atoms with E-state index in [9.17, 15) is 4.79 Å². The van der Waals surface area contributed by atoms with Gasteiger partial charge in [-0.25, -0.2) is 0 Å². The van der Waals surface area contributed by atoms with Gasteiger partial charge < -0.3 is 4.74 Å². The van der Waals surface area contributed by atoms with Crippen LogP contribution in [-0.2, 0) is 9.53 Å². The van der Waals surface area contributed by atoms with E-state index in [1.807, 2.05) is 0 Å². The van der Waals surface area contributed by atoms with Crippen molar-refractivity contribution in [3.63, 3.8) is 0 Å². The average molecular weight is 214 g/mol. The number of ether oxygens (including phenoxy) is 1. The van der Waals surface area contributed by atoms with E-state index in [0.29, 0.717) is 18.9 Å². The van der Waals surface area contributed by atoms with Gasteiger partial charge in [-0.1, -0.05) is 46.5 Å². The van der Waals surface area contributed by atoms with Gasteiger partial charge in [0.05, 0.1) is 6.61 Å². The molecule has 0 unspecified atom stereocenters. The highest BCUT2D eigenvalue weighted by Crippen LogP contribution is 2.13. The summed E-state index contributed by atoms with van der Waals surface area (Å²) in [7, 11) is 0. The molecule has 0 aromatic heterocycles. The molecule has 0 spiro atoms. The number of rotatable bonds is 9. The number of carbonyl (C=O) groups excluding carboxylic acids is 1. The van der Waals surface area contributed by atoms with E-state index in [4.69, 9.17) is 4.74 Å². The Kier molecular flexibility index (Phi) is 9.65. The van der Waals surface area contributed by atoms with Crippen LogP contribution in [0.2, 0.25) is 0 Å². The maximum absolute atomic E-state index is 11.3. The van der Waals surface area contributed by atoms with E-state index in [1.165, 1.54) is 19.3 Å². The fourth-order valence-corrected chi connectivity index (χ4v) is 1.50. The summed E-state index contributed by atoms with van der Waals surface area (Å²) in [6.07, 6.45) is 7.36. The fraction of sp³-hybridized carbons (Fsp3) is 0.923. The predicted octanol–water partition coefficient (Wildman–Crippen LogP) is 3.94. The van der Waals surface area contributed by atoms with Crippen LogP contribution in [0.3, 0.4) is 0 Å². The van der Waals surface area contributed by atoms with Crippen LogP contribution in [0.5, 0.6) is 0 Å². The summed E-state index contributed by atoms with van der Waals surface area (Å²) < 4.78 is 5.26. The summed E-state index contributed by atoms with van der Waals surface area (Å²) in [4.78, 5) is 11.3. The highest BCUT2D eigenvalue weighted by atomic mass is 16.5. The van der Waals surface area contributed by atoms with Gasteiger partial charge in [0.25, 0.3) is 0 Å². The Morgan fingerprint density at radius 1 is 1.13 bits per heavy atom. The molecule has 0 aliphatic rings. The van der Waals surface area contributed by atoms with E-state index in [1.54, 1.807) is 0 Å². The van der Waals surface area contributed by atoms with Gasteiger partial charge >= 0.3 is 5.97 Å². The van der Waals surface area contributed by atoms with Crippen LogP contribution < -0.4 is 0 Å². The third kappa shape index (κ3) is 8.46. The predicted molar refractivity (Wildman–Crippen MR) is 63.8 cm³/mol. The van der Waals surface area contributed by atoms with Crippen LogP contribution in [0, 0.1) is 5.92 Å². The first kappa shape index (κ1) is 14.5. The number of unbranched alkanes of at least 4 members (excludes halogenated alkanes) is 2. The molecule has 1 atom stereocenters. The van der Waals surface area contributed by atoms with Crippen molar-refractivity contribution in [2.75, 3.05) is 6.61 Å². The zero-order chi connectivity index (χ0) is 11.5. The number of carbonyl (C=O) groups is 1. The quantitative estimate of drug-likeness (QED) is 0.543. The molecule has 0 amide bonds. The van der Waals surface area contributed by atoms with Crippen molar-refractivity contribution < 1.29 is 9.53 Å². The largest absolute Gasteiger partial charge is 0.465 e. The monoisotopic (exact) mass is 214 g/mol. The van der Waals surface area contributed by atoms with Gasteiger partial charge in [0.1, 0.15) is 0 Å². The highest BCUT2D eigenvalue weighted by molar-refractivity contribution is 5.69. The molecule has 0 aromatic carbocycles. The molecular weight excluding hydrogens is 188 g/mol. The standard InChI is InChI=1S/C13H26O2/c1-4-7-9-12(6-3)11-15-13(14)10-8-5-2/h12H,4-11H2,1-3H3/t12-/m1/s1. The number of hydrogen-bond acceptors (Lipinski definition) is 2. The Balaban J connectivity index is 3.55. The smallest absolute Gasteiger partial charge is 0.305 e. The first-order valence-electron chi connectivity index (χ1n) is 6.40. The molecule has 90 valence electrons. The molecular formula is C13H26O2. The normalized spacial score (nSPS) is 12.5. The molecule has 0 fully saturated rings. The lowest BCUT2D eigenvalue weighted by Gasteiger charge is -2.14. The minimum atomic E-state index is -0.0215. The maximum atomic E-state index is 11.3. The van der Waals surface area contributed by atoms with Crippen molar-refractivity contribution in [1.29, 1.82) is 0 Å². The van der Waals surface area contributed by atoms with Crippen molar-refractivity contribution in [3.8, 4) is 0 Å². The summed E-state index contributed by atoms with van der Waals surface area (Å²) in [5.41, 5.74) is 0. The van der Waals surface area contributed by atoms with Gasteiger partial charge in [0.2, 0.25) is 0 Å². The summed E-state index contributed by atoms with van der Waals surface area (Å²) in [5.74, 6) is 0.544. The molecule has 0 saturated carbocycles. The molecule has 0 radical (unpaired) electrons. The van der Waals surface area contributed by atoms with Crippen LogP contribution in [-0.4, -0.2) is 12.6 Å². The summed E-state index contributed by atoms with van der Waals surface area (Å²) in [6.45, 7) is 7.07. The van der Waals surface area contributed by atoms with Crippen molar-refractivity contribution in [1.82, 2.24) is 0 Å². The van der Waals surface area contributed by atoms with E-state index in [-0.39, 0.29) is 5.97 Å². The first-order chi connectivity index (χ1) is 7.24.